The van der Waals surface area contributed by atoms with Crippen molar-refractivity contribution in [2.45, 2.75) is 58.2 Å². The molecule has 10 heteroatoms. The number of benzene rings is 1. The maximum atomic E-state index is 14.6. The van der Waals surface area contributed by atoms with Gasteiger partial charge in [0.1, 0.15) is 11.4 Å². The van der Waals surface area contributed by atoms with Crippen LogP contribution in [0.15, 0.2) is 18.2 Å². The third-order valence-corrected chi connectivity index (χ3v) is 7.87. The second-order valence-electron chi connectivity index (χ2n) is 11.8. The largest absolute Gasteiger partial charge is 0.444 e. The van der Waals surface area contributed by atoms with Gasteiger partial charge < -0.3 is 19.9 Å². The van der Waals surface area contributed by atoms with Crippen molar-refractivity contribution in [2.75, 3.05) is 45.1 Å². The molecular weight excluding hydrogens is 475 g/mol. The van der Waals surface area contributed by atoms with Crippen LogP contribution in [0.2, 0.25) is 0 Å². The fourth-order valence-electron chi connectivity index (χ4n) is 6.28. The summed E-state index contributed by atoms with van der Waals surface area (Å²) in [4.78, 5) is 33.2. The van der Waals surface area contributed by atoms with Crippen molar-refractivity contribution < 1.29 is 18.7 Å². The average molecular weight is 515 g/mol. The highest BCUT2D eigenvalue weighted by Gasteiger charge is 2.48. The number of rotatable bonds is 3. The van der Waals surface area contributed by atoms with Crippen LogP contribution in [0, 0.1) is 24.6 Å². The van der Waals surface area contributed by atoms with Gasteiger partial charge in [-0.2, -0.15) is 0 Å². The van der Waals surface area contributed by atoms with Crippen LogP contribution in [0.3, 0.4) is 0 Å². The summed E-state index contributed by atoms with van der Waals surface area (Å²) in [5.41, 5.74) is 4.84. The predicted molar refractivity (Wildman–Crippen MR) is 141 cm³/mol. The molecule has 3 N–H and O–H groups in total. The molecule has 4 unspecified atom stereocenters. The quantitative estimate of drug-likeness (QED) is 0.582. The first kappa shape index (κ1) is 25.9. The first-order chi connectivity index (χ1) is 17.5. The van der Waals surface area contributed by atoms with Crippen LogP contribution in [-0.2, 0) is 9.53 Å². The SMILES string of the molecule is Cc1cc2cc(NC(=O)C3CCC(N4CCN(C(=O)OC(C)(C)C)CC4)C4CN(C)NC34)cc(F)c2[nH]1. The Balaban J connectivity index is 1.23. The van der Waals surface area contributed by atoms with Crippen LogP contribution >= 0.6 is 0 Å². The third kappa shape index (κ3) is 5.46. The molecule has 3 aliphatic rings. The van der Waals surface area contributed by atoms with Crippen molar-refractivity contribution in [1.29, 1.82) is 0 Å². The van der Waals surface area contributed by atoms with E-state index in [1.807, 2.05) is 46.9 Å². The van der Waals surface area contributed by atoms with Crippen LogP contribution in [0.1, 0.15) is 39.3 Å². The van der Waals surface area contributed by atoms with E-state index in [2.05, 4.69) is 25.6 Å². The Kier molecular flexibility index (Phi) is 6.93. The number of nitrogens with zero attached hydrogens (tertiary/aromatic N) is 3. The number of ether oxygens (including phenoxy) is 1. The minimum absolute atomic E-state index is 0.00992. The monoisotopic (exact) mass is 514 g/mol. The van der Waals surface area contributed by atoms with E-state index >= 15 is 0 Å². The maximum Gasteiger partial charge on any atom is 0.410 e. The van der Waals surface area contributed by atoms with Crippen molar-refractivity contribution in [1.82, 2.24) is 25.2 Å². The number of carbonyl (C=O) groups is 2. The molecule has 3 heterocycles. The number of anilines is 1. The lowest BCUT2D eigenvalue weighted by molar-refractivity contribution is -0.123. The van der Waals surface area contributed by atoms with Crippen molar-refractivity contribution in [2.24, 2.45) is 11.8 Å². The molecule has 1 aliphatic carbocycles. The highest BCUT2D eigenvalue weighted by molar-refractivity contribution is 5.96. The Morgan fingerprint density at radius 3 is 2.54 bits per heavy atom. The second kappa shape index (κ2) is 9.89. The lowest BCUT2D eigenvalue weighted by atomic mass is 9.73. The number of carbonyl (C=O) groups excluding carboxylic acids is 2. The number of aryl methyl sites for hydroxylation is 1. The minimum atomic E-state index is -0.501. The van der Waals surface area contributed by atoms with E-state index in [9.17, 15) is 14.0 Å². The van der Waals surface area contributed by atoms with Gasteiger partial charge in [0.15, 0.2) is 0 Å². The molecule has 0 spiro atoms. The maximum absolute atomic E-state index is 14.6. The molecule has 2 aromatic rings. The highest BCUT2D eigenvalue weighted by atomic mass is 19.1. The fourth-order valence-corrected chi connectivity index (χ4v) is 6.28. The third-order valence-electron chi connectivity index (χ3n) is 7.87. The molecule has 37 heavy (non-hydrogen) atoms. The molecule has 9 nitrogen and oxygen atoms in total. The van der Waals surface area contributed by atoms with E-state index in [0.717, 1.165) is 43.6 Å². The molecule has 3 fully saturated rings. The van der Waals surface area contributed by atoms with Gasteiger partial charge in [0, 0.05) is 74.5 Å². The molecule has 1 aromatic carbocycles. The number of piperazine rings is 1. The van der Waals surface area contributed by atoms with E-state index in [-0.39, 0.29) is 35.7 Å². The van der Waals surface area contributed by atoms with Crippen molar-refractivity contribution >= 4 is 28.6 Å². The van der Waals surface area contributed by atoms with Gasteiger partial charge in [0.2, 0.25) is 5.91 Å². The number of hydrogen-bond donors (Lipinski definition) is 3. The number of hydrazine groups is 1. The summed E-state index contributed by atoms with van der Waals surface area (Å²) < 4.78 is 20.1. The zero-order valence-electron chi connectivity index (χ0n) is 22.4. The standard InChI is InChI=1S/C27H39FN6O3/c1-16-12-17-13-18(14-21(28)23(17)29-16)30-25(35)19-6-7-22(20-15-32(5)31-24(19)20)33-8-10-34(11-9-33)26(36)37-27(2,3)4/h12-14,19-20,22,24,29,31H,6-11,15H2,1-5H3,(H,30,35). The molecule has 1 saturated carbocycles. The number of aromatic amines is 1. The van der Waals surface area contributed by atoms with Gasteiger partial charge in [-0.15, -0.1) is 0 Å². The number of hydrogen-bond acceptors (Lipinski definition) is 6. The first-order valence-corrected chi connectivity index (χ1v) is 13.3. The minimum Gasteiger partial charge on any atom is -0.444 e. The predicted octanol–water partition coefficient (Wildman–Crippen LogP) is 3.32. The van der Waals surface area contributed by atoms with Gasteiger partial charge in [0.05, 0.1) is 11.4 Å². The van der Waals surface area contributed by atoms with Crippen molar-refractivity contribution in [3.63, 3.8) is 0 Å². The van der Waals surface area contributed by atoms with E-state index in [1.165, 1.54) is 6.07 Å². The molecule has 2 saturated heterocycles. The lowest BCUT2D eigenvalue weighted by Gasteiger charge is -2.46. The summed E-state index contributed by atoms with van der Waals surface area (Å²) >= 11 is 0. The topological polar surface area (TPSA) is 92.9 Å². The zero-order chi connectivity index (χ0) is 26.5. The molecular formula is C27H39FN6O3. The summed E-state index contributed by atoms with van der Waals surface area (Å²) in [7, 11) is 2.02. The van der Waals surface area contributed by atoms with Crippen LogP contribution in [0.25, 0.3) is 10.9 Å². The first-order valence-electron chi connectivity index (χ1n) is 13.3. The number of fused-ring (bicyclic) bond motifs is 2. The summed E-state index contributed by atoms with van der Waals surface area (Å²) in [5, 5.41) is 5.82. The van der Waals surface area contributed by atoms with Crippen molar-refractivity contribution in [3.05, 3.63) is 29.7 Å². The molecule has 0 radical (unpaired) electrons. The number of halogens is 1. The van der Waals surface area contributed by atoms with Gasteiger partial charge >= 0.3 is 6.09 Å². The summed E-state index contributed by atoms with van der Waals surface area (Å²) in [6.45, 7) is 11.3. The lowest BCUT2D eigenvalue weighted by Crippen LogP contribution is -2.59. The second-order valence-corrected chi connectivity index (χ2v) is 11.8. The van der Waals surface area contributed by atoms with E-state index < -0.39 is 5.60 Å². The van der Waals surface area contributed by atoms with E-state index in [0.29, 0.717) is 30.3 Å². The fraction of sp³-hybridized carbons (Fsp3) is 0.630. The van der Waals surface area contributed by atoms with Gasteiger partial charge in [0.25, 0.3) is 0 Å². The summed E-state index contributed by atoms with van der Waals surface area (Å²) in [5.74, 6) is -0.362. The Bertz CT molecular complexity index is 1170. The zero-order valence-corrected chi connectivity index (χ0v) is 22.4. The van der Waals surface area contributed by atoms with Crippen LogP contribution in [0.4, 0.5) is 14.9 Å². The number of aromatic nitrogens is 1. The molecule has 1 aromatic heterocycles. The Hall–Kier alpha value is -2.69. The molecule has 0 bridgehead atoms. The Morgan fingerprint density at radius 2 is 1.84 bits per heavy atom. The number of H-pyrrole nitrogens is 1. The van der Waals surface area contributed by atoms with Gasteiger partial charge in [-0.05, 0) is 58.7 Å². The van der Waals surface area contributed by atoms with E-state index in [4.69, 9.17) is 4.74 Å². The van der Waals surface area contributed by atoms with Crippen LogP contribution in [0.5, 0.6) is 0 Å². The molecule has 2 aliphatic heterocycles. The number of amides is 2. The number of nitrogens with one attached hydrogen (secondary N) is 3. The van der Waals surface area contributed by atoms with Crippen molar-refractivity contribution in [3.8, 4) is 0 Å². The summed E-state index contributed by atoms with van der Waals surface area (Å²) in [6.07, 6.45) is 1.40. The highest BCUT2D eigenvalue weighted by Crippen LogP contribution is 2.37. The molecule has 202 valence electrons. The Morgan fingerprint density at radius 1 is 1.11 bits per heavy atom. The normalized spacial score (nSPS) is 27.4. The van der Waals surface area contributed by atoms with Gasteiger partial charge in [-0.25, -0.2) is 14.2 Å². The van der Waals surface area contributed by atoms with E-state index in [1.54, 1.807) is 4.90 Å². The smallest absolute Gasteiger partial charge is 0.410 e. The van der Waals surface area contributed by atoms with Gasteiger partial charge in [-0.3, -0.25) is 15.1 Å². The van der Waals surface area contributed by atoms with Crippen LogP contribution in [-0.4, -0.2) is 89.2 Å². The summed E-state index contributed by atoms with van der Waals surface area (Å²) in [6, 6.07) is 5.43. The molecule has 5 rings (SSSR count). The Labute approximate surface area is 217 Å². The molecule has 4 atom stereocenters. The van der Waals surface area contributed by atoms with Gasteiger partial charge in [-0.1, -0.05) is 0 Å². The van der Waals surface area contributed by atoms with Crippen LogP contribution < -0.4 is 10.7 Å². The molecule has 2 amide bonds. The average Bonchev–Trinajstić information content (AvgIpc) is 3.39.